The molecule has 1 N–H and O–H groups in total. The first-order chi connectivity index (χ1) is 6.74. The van der Waals surface area contributed by atoms with Crippen molar-refractivity contribution < 1.29 is 9.18 Å². The van der Waals surface area contributed by atoms with Crippen LogP contribution in [-0.4, -0.2) is 21.9 Å². The third-order valence-corrected chi connectivity index (χ3v) is 2.32. The zero-order chi connectivity index (χ0) is 10.4. The molecule has 1 heterocycles. The van der Waals surface area contributed by atoms with Crippen LogP contribution in [0.1, 0.15) is 16.9 Å². The minimum Gasteiger partial charge on any atom is -0.351 e. The van der Waals surface area contributed by atoms with Crippen molar-refractivity contribution in [3.05, 3.63) is 29.8 Å². The summed E-state index contributed by atoms with van der Waals surface area (Å²) in [7, 11) is 0. The second-order valence-electron chi connectivity index (χ2n) is 2.66. The molecule has 0 radical (unpaired) electrons. The molecule has 0 aliphatic carbocycles. The van der Waals surface area contributed by atoms with Crippen molar-refractivity contribution in [2.45, 2.75) is 6.42 Å². The van der Waals surface area contributed by atoms with Crippen LogP contribution in [0.2, 0.25) is 0 Å². The van der Waals surface area contributed by atoms with Gasteiger partial charge in [0.25, 0.3) is 5.91 Å². The molecular formula is C9H10FIN2O. The number of nitrogens with zero attached hydrogens (tertiary/aromatic N) is 1. The maximum atomic E-state index is 12.5. The third-order valence-electron chi connectivity index (χ3n) is 1.56. The highest BCUT2D eigenvalue weighted by atomic mass is 127. The number of amides is 1. The van der Waals surface area contributed by atoms with E-state index in [4.69, 9.17) is 0 Å². The Kier molecular flexibility index (Phi) is 4.78. The SMILES string of the molecule is O=C(NCCCI)c1ccc(F)cn1. The molecule has 0 saturated heterocycles. The second-order valence-corrected chi connectivity index (χ2v) is 3.74. The van der Waals surface area contributed by atoms with E-state index in [1.54, 1.807) is 0 Å². The highest BCUT2D eigenvalue weighted by molar-refractivity contribution is 14.1. The van der Waals surface area contributed by atoms with Gasteiger partial charge in [-0.1, -0.05) is 22.6 Å². The maximum absolute atomic E-state index is 12.5. The molecule has 0 bridgehead atoms. The normalized spacial score (nSPS) is 9.86. The van der Waals surface area contributed by atoms with Gasteiger partial charge >= 0.3 is 0 Å². The molecule has 0 unspecified atom stereocenters. The first-order valence-corrected chi connectivity index (χ1v) is 5.72. The lowest BCUT2D eigenvalue weighted by Crippen LogP contribution is -2.25. The van der Waals surface area contributed by atoms with E-state index in [0.29, 0.717) is 6.54 Å². The van der Waals surface area contributed by atoms with Crippen LogP contribution in [0.15, 0.2) is 18.3 Å². The molecular weight excluding hydrogens is 298 g/mol. The van der Waals surface area contributed by atoms with Gasteiger partial charge in [-0.3, -0.25) is 4.79 Å². The third kappa shape index (κ3) is 3.57. The Morgan fingerprint density at radius 2 is 2.36 bits per heavy atom. The van der Waals surface area contributed by atoms with Crippen LogP contribution in [-0.2, 0) is 0 Å². The minimum absolute atomic E-state index is 0.250. The smallest absolute Gasteiger partial charge is 0.269 e. The largest absolute Gasteiger partial charge is 0.351 e. The van der Waals surface area contributed by atoms with Gasteiger partial charge in [-0.25, -0.2) is 9.37 Å². The molecule has 0 spiro atoms. The zero-order valence-electron chi connectivity index (χ0n) is 7.46. The molecule has 1 aromatic rings. The fourth-order valence-corrected chi connectivity index (χ4v) is 1.25. The van der Waals surface area contributed by atoms with Crippen molar-refractivity contribution in [2.24, 2.45) is 0 Å². The number of pyridine rings is 1. The number of halogens is 2. The second kappa shape index (κ2) is 5.90. The summed E-state index contributed by atoms with van der Waals surface area (Å²) in [5.74, 6) is -0.691. The van der Waals surface area contributed by atoms with E-state index in [0.717, 1.165) is 17.0 Å². The maximum Gasteiger partial charge on any atom is 0.269 e. The predicted molar refractivity (Wildman–Crippen MR) is 60.0 cm³/mol. The number of hydrogen-bond donors (Lipinski definition) is 1. The van der Waals surface area contributed by atoms with Crippen molar-refractivity contribution in [2.75, 3.05) is 11.0 Å². The first kappa shape index (κ1) is 11.4. The average Bonchev–Trinajstić information content (AvgIpc) is 2.19. The quantitative estimate of drug-likeness (QED) is 0.523. The number of nitrogens with one attached hydrogen (secondary N) is 1. The van der Waals surface area contributed by atoms with E-state index in [1.807, 2.05) is 0 Å². The number of alkyl halides is 1. The van der Waals surface area contributed by atoms with E-state index >= 15 is 0 Å². The lowest BCUT2D eigenvalue weighted by atomic mass is 10.3. The number of carbonyl (C=O) groups is 1. The van der Waals surface area contributed by atoms with Crippen LogP contribution in [0.25, 0.3) is 0 Å². The molecule has 0 fully saturated rings. The van der Waals surface area contributed by atoms with Gasteiger partial charge in [-0.15, -0.1) is 0 Å². The molecule has 0 aromatic carbocycles. The van der Waals surface area contributed by atoms with E-state index in [-0.39, 0.29) is 11.6 Å². The van der Waals surface area contributed by atoms with Gasteiger partial charge in [0.05, 0.1) is 6.20 Å². The molecule has 1 rings (SSSR count). The summed E-state index contributed by atoms with van der Waals surface area (Å²) in [4.78, 5) is 15.0. The number of rotatable bonds is 4. The summed E-state index contributed by atoms with van der Waals surface area (Å²) < 4.78 is 13.5. The van der Waals surface area contributed by atoms with Crippen LogP contribution in [0.5, 0.6) is 0 Å². The molecule has 0 aliphatic heterocycles. The average molecular weight is 308 g/mol. The molecule has 0 saturated carbocycles. The summed E-state index contributed by atoms with van der Waals surface area (Å²) in [6, 6.07) is 2.59. The minimum atomic E-state index is -0.436. The molecule has 5 heteroatoms. The van der Waals surface area contributed by atoms with Gasteiger partial charge in [-0.2, -0.15) is 0 Å². The van der Waals surface area contributed by atoms with Crippen molar-refractivity contribution in [3.63, 3.8) is 0 Å². The van der Waals surface area contributed by atoms with Gasteiger partial charge in [0.2, 0.25) is 0 Å². The predicted octanol–water partition coefficient (Wildman–Crippen LogP) is 1.78. The van der Waals surface area contributed by atoms with Crippen molar-refractivity contribution in [1.82, 2.24) is 10.3 Å². The van der Waals surface area contributed by atoms with Crippen LogP contribution in [0, 0.1) is 5.82 Å². The molecule has 14 heavy (non-hydrogen) atoms. The Hall–Kier alpha value is -0.720. The Morgan fingerprint density at radius 3 is 2.93 bits per heavy atom. The lowest BCUT2D eigenvalue weighted by Gasteiger charge is -2.02. The zero-order valence-corrected chi connectivity index (χ0v) is 9.62. The Bertz CT molecular complexity index is 302. The fraction of sp³-hybridized carbons (Fsp3) is 0.333. The van der Waals surface area contributed by atoms with Crippen molar-refractivity contribution in [3.8, 4) is 0 Å². The molecule has 76 valence electrons. The molecule has 3 nitrogen and oxygen atoms in total. The first-order valence-electron chi connectivity index (χ1n) is 4.20. The van der Waals surface area contributed by atoms with E-state index in [9.17, 15) is 9.18 Å². The summed E-state index contributed by atoms with van der Waals surface area (Å²) >= 11 is 2.24. The molecule has 1 aromatic heterocycles. The van der Waals surface area contributed by atoms with Crippen LogP contribution < -0.4 is 5.32 Å². The Morgan fingerprint density at radius 1 is 1.57 bits per heavy atom. The summed E-state index contributed by atoms with van der Waals surface area (Å²) in [6.07, 6.45) is 1.96. The van der Waals surface area contributed by atoms with Crippen LogP contribution in [0.3, 0.4) is 0 Å². The highest BCUT2D eigenvalue weighted by Gasteiger charge is 2.05. The van der Waals surface area contributed by atoms with Gasteiger partial charge in [0.1, 0.15) is 11.5 Å². The molecule has 1 amide bonds. The van der Waals surface area contributed by atoms with Crippen LogP contribution >= 0.6 is 22.6 Å². The van der Waals surface area contributed by atoms with Crippen molar-refractivity contribution >= 4 is 28.5 Å². The lowest BCUT2D eigenvalue weighted by molar-refractivity contribution is 0.0949. The van der Waals surface area contributed by atoms with Gasteiger partial charge in [-0.05, 0) is 18.6 Å². The van der Waals surface area contributed by atoms with Gasteiger partial charge in [0.15, 0.2) is 0 Å². The van der Waals surface area contributed by atoms with E-state index in [2.05, 4.69) is 32.9 Å². The van der Waals surface area contributed by atoms with Crippen molar-refractivity contribution in [1.29, 1.82) is 0 Å². The summed E-state index contributed by atoms with van der Waals surface area (Å²) in [5, 5.41) is 2.69. The molecule has 0 atom stereocenters. The number of carbonyl (C=O) groups excluding carboxylic acids is 1. The topological polar surface area (TPSA) is 42.0 Å². The number of aromatic nitrogens is 1. The van der Waals surface area contributed by atoms with Crippen LogP contribution in [0.4, 0.5) is 4.39 Å². The Balaban J connectivity index is 2.48. The summed E-state index contributed by atoms with van der Waals surface area (Å²) in [5.41, 5.74) is 0.250. The van der Waals surface area contributed by atoms with E-state index in [1.165, 1.54) is 12.1 Å². The highest BCUT2D eigenvalue weighted by Crippen LogP contribution is 1.97. The summed E-state index contributed by atoms with van der Waals surface area (Å²) in [6.45, 7) is 0.626. The monoisotopic (exact) mass is 308 g/mol. The molecule has 0 aliphatic rings. The number of hydrogen-bond acceptors (Lipinski definition) is 2. The van der Waals surface area contributed by atoms with Gasteiger partial charge in [0, 0.05) is 11.0 Å². The van der Waals surface area contributed by atoms with E-state index < -0.39 is 5.82 Å². The van der Waals surface area contributed by atoms with Gasteiger partial charge < -0.3 is 5.32 Å². The standard InChI is InChI=1S/C9H10FIN2O/c10-7-2-3-8(13-6-7)9(14)12-5-1-4-11/h2-3,6H,1,4-5H2,(H,12,14). The fourth-order valence-electron chi connectivity index (χ4n) is 0.869. The Labute approximate surface area is 95.2 Å².